The Hall–Kier alpha value is 0.270. The van der Waals surface area contributed by atoms with Crippen LogP contribution in [0.15, 0.2) is 0 Å². The van der Waals surface area contributed by atoms with Gasteiger partial charge in [0.1, 0.15) is 0 Å². The van der Waals surface area contributed by atoms with Crippen LogP contribution in [0.3, 0.4) is 0 Å². The van der Waals surface area contributed by atoms with Crippen LogP contribution in [-0.2, 0) is 0 Å². The Morgan fingerprint density at radius 3 is 1.89 bits per heavy atom. The second-order valence-electron chi connectivity index (χ2n) is 1.80. The van der Waals surface area contributed by atoms with Gasteiger partial charge in [-0.2, -0.15) is 13.2 Å². The third kappa shape index (κ3) is 3.08. The van der Waals surface area contributed by atoms with Crippen molar-refractivity contribution >= 4 is 15.9 Å². The molecule has 0 aromatic rings. The van der Waals surface area contributed by atoms with Crippen LogP contribution in [-0.4, -0.2) is 11.5 Å². The largest absolute Gasteiger partial charge is 0.392 e. The standard InChI is InChI=1S/C5H8BrF3/c1-2-4(3-6)5(7,8)9/h4H,2-3H2,1H3. The van der Waals surface area contributed by atoms with E-state index < -0.39 is 12.1 Å². The van der Waals surface area contributed by atoms with Gasteiger partial charge in [-0.15, -0.1) is 0 Å². The molecule has 0 aromatic carbocycles. The molecule has 0 aliphatic carbocycles. The molecule has 1 unspecified atom stereocenters. The third-order valence-electron chi connectivity index (χ3n) is 1.14. The van der Waals surface area contributed by atoms with Gasteiger partial charge in [0, 0.05) is 5.33 Å². The molecule has 0 aliphatic heterocycles. The molecule has 0 fully saturated rings. The second-order valence-corrected chi connectivity index (χ2v) is 2.45. The van der Waals surface area contributed by atoms with E-state index >= 15 is 0 Å². The molecule has 0 N–H and O–H groups in total. The minimum absolute atomic E-state index is 0.00694. The number of halogens is 4. The van der Waals surface area contributed by atoms with E-state index in [0.717, 1.165) is 0 Å². The van der Waals surface area contributed by atoms with Crippen molar-refractivity contribution in [2.45, 2.75) is 19.5 Å². The van der Waals surface area contributed by atoms with Crippen molar-refractivity contribution in [3.8, 4) is 0 Å². The lowest BCUT2D eigenvalue weighted by atomic mass is 10.1. The summed E-state index contributed by atoms with van der Waals surface area (Å²) in [5, 5.41) is 0.00694. The predicted molar refractivity (Wildman–Crippen MR) is 33.6 cm³/mol. The Bertz CT molecular complexity index is 74.8. The molecular weight excluding hydrogens is 197 g/mol. The Balaban J connectivity index is 3.79. The fourth-order valence-electron chi connectivity index (χ4n) is 0.428. The van der Waals surface area contributed by atoms with Gasteiger partial charge in [-0.1, -0.05) is 22.9 Å². The van der Waals surface area contributed by atoms with Crippen molar-refractivity contribution in [3.63, 3.8) is 0 Å². The van der Waals surface area contributed by atoms with Gasteiger partial charge in [-0.3, -0.25) is 0 Å². The molecule has 0 bridgehead atoms. The minimum Gasteiger partial charge on any atom is -0.171 e. The van der Waals surface area contributed by atoms with Gasteiger partial charge in [0.25, 0.3) is 0 Å². The van der Waals surface area contributed by atoms with E-state index in [0.29, 0.717) is 0 Å². The molecule has 0 saturated carbocycles. The number of hydrogen-bond acceptors (Lipinski definition) is 0. The molecule has 0 saturated heterocycles. The molecule has 0 spiro atoms. The summed E-state index contributed by atoms with van der Waals surface area (Å²) >= 11 is 2.79. The smallest absolute Gasteiger partial charge is 0.171 e. The molecule has 0 aliphatic rings. The average molecular weight is 205 g/mol. The Labute approximate surface area is 60.6 Å². The van der Waals surface area contributed by atoms with E-state index in [1.807, 2.05) is 0 Å². The predicted octanol–water partition coefficient (Wildman–Crippen LogP) is 2.97. The van der Waals surface area contributed by atoms with Crippen LogP contribution in [0.4, 0.5) is 13.2 Å². The number of hydrogen-bond donors (Lipinski definition) is 0. The van der Waals surface area contributed by atoms with Crippen LogP contribution in [0.25, 0.3) is 0 Å². The topological polar surface area (TPSA) is 0 Å². The highest BCUT2D eigenvalue weighted by Gasteiger charge is 2.36. The van der Waals surface area contributed by atoms with E-state index in [1.165, 1.54) is 6.92 Å². The van der Waals surface area contributed by atoms with Crippen molar-refractivity contribution in [3.05, 3.63) is 0 Å². The lowest BCUT2D eigenvalue weighted by Crippen LogP contribution is -2.23. The summed E-state index contributed by atoms with van der Waals surface area (Å²) < 4.78 is 35.1. The maximum absolute atomic E-state index is 11.7. The molecule has 0 aromatic heterocycles. The van der Waals surface area contributed by atoms with Crippen molar-refractivity contribution in [1.82, 2.24) is 0 Å². The highest BCUT2D eigenvalue weighted by molar-refractivity contribution is 9.09. The van der Waals surface area contributed by atoms with Gasteiger partial charge in [0.2, 0.25) is 0 Å². The molecule has 0 nitrogen and oxygen atoms in total. The zero-order valence-corrected chi connectivity index (χ0v) is 6.59. The highest BCUT2D eigenvalue weighted by atomic mass is 79.9. The van der Waals surface area contributed by atoms with Crippen molar-refractivity contribution in [1.29, 1.82) is 0 Å². The first-order valence-electron chi connectivity index (χ1n) is 2.65. The van der Waals surface area contributed by atoms with Gasteiger partial charge < -0.3 is 0 Å². The Morgan fingerprint density at radius 1 is 1.44 bits per heavy atom. The van der Waals surface area contributed by atoms with Crippen LogP contribution in [0, 0.1) is 5.92 Å². The minimum atomic E-state index is -4.03. The summed E-state index contributed by atoms with van der Waals surface area (Å²) in [5.74, 6) is -1.18. The zero-order valence-electron chi connectivity index (χ0n) is 5.00. The van der Waals surface area contributed by atoms with Crippen LogP contribution < -0.4 is 0 Å². The molecule has 0 rings (SSSR count). The molecule has 4 heteroatoms. The van der Waals surface area contributed by atoms with Crippen molar-refractivity contribution in [2.75, 3.05) is 5.33 Å². The van der Waals surface area contributed by atoms with Gasteiger partial charge in [-0.05, 0) is 6.42 Å². The molecule has 0 amide bonds. The van der Waals surface area contributed by atoms with Crippen LogP contribution in [0.1, 0.15) is 13.3 Å². The van der Waals surface area contributed by atoms with Gasteiger partial charge >= 0.3 is 6.18 Å². The van der Waals surface area contributed by atoms with Crippen LogP contribution in [0.2, 0.25) is 0 Å². The monoisotopic (exact) mass is 204 g/mol. The SMILES string of the molecule is CCC(CBr)C(F)(F)F. The summed E-state index contributed by atoms with van der Waals surface area (Å²) in [6.07, 6.45) is -3.88. The maximum atomic E-state index is 11.7. The summed E-state index contributed by atoms with van der Waals surface area (Å²) in [5.41, 5.74) is 0. The summed E-state index contributed by atoms with van der Waals surface area (Å²) in [6.45, 7) is 1.53. The normalized spacial score (nSPS) is 15.7. The third-order valence-corrected chi connectivity index (χ3v) is 1.92. The van der Waals surface area contributed by atoms with E-state index in [2.05, 4.69) is 15.9 Å². The molecule has 0 radical (unpaired) electrons. The fraction of sp³-hybridized carbons (Fsp3) is 1.00. The first-order valence-corrected chi connectivity index (χ1v) is 3.77. The van der Waals surface area contributed by atoms with Gasteiger partial charge in [-0.25, -0.2) is 0 Å². The molecule has 56 valence electrons. The Morgan fingerprint density at radius 2 is 1.89 bits per heavy atom. The quantitative estimate of drug-likeness (QED) is 0.608. The summed E-state index contributed by atoms with van der Waals surface area (Å²) in [7, 11) is 0. The zero-order chi connectivity index (χ0) is 7.49. The number of alkyl halides is 4. The molecule has 1 atom stereocenters. The summed E-state index contributed by atoms with van der Waals surface area (Å²) in [6, 6.07) is 0. The number of rotatable bonds is 2. The molecular formula is C5H8BrF3. The van der Waals surface area contributed by atoms with E-state index in [1.54, 1.807) is 0 Å². The highest BCUT2D eigenvalue weighted by Crippen LogP contribution is 2.29. The van der Waals surface area contributed by atoms with Crippen molar-refractivity contribution in [2.24, 2.45) is 5.92 Å². The van der Waals surface area contributed by atoms with E-state index in [9.17, 15) is 13.2 Å². The maximum Gasteiger partial charge on any atom is 0.392 e. The molecule has 9 heavy (non-hydrogen) atoms. The summed E-state index contributed by atoms with van der Waals surface area (Å²) in [4.78, 5) is 0. The lowest BCUT2D eigenvalue weighted by Gasteiger charge is -2.14. The lowest BCUT2D eigenvalue weighted by molar-refractivity contribution is -0.168. The van der Waals surface area contributed by atoms with E-state index in [-0.39, 0.29) is 11.8 Å². The Kier molecular flexibility index (Phi) is 3.54. The van der Waals surface area contributed by atoms with Crippen LogP contribution in [0.5, 0.6) is 0 Å². The van der Waals surface area contributed by atoms with Gasteiger partial charge in [0.05, 0.1) is 5.92 Å². The molecule has 0 heterocycles. The first kappa shape index (κ1) is 9.27. The van der Waals surface area contributed by atoms with Crippen molar-refractivity contribution < 1.29 is 13.2 Å². The fourth-order valence-corrected chi connectivity index (χ4v) is 1.25. The van der Waals surface area contributed by atoms with Gasteiger partial charge in [0.15, 0.2) is 0 Å². The average Bonchev–Trinajstić information content (AvgIpc) is 1.65. The first-order chi connectivity index (χ1) is 4.02. The van der Waals surface area contributed by atoms with E-state index in [4.69, 9.17) is 0 Å². The second kappa shape index (κ2) is 3.44. The van der Waals surface area contributed by atoms with Crippen LogP contribution >= 0.6 is 15.9 Å².